The molecule has 0 N–H and O–H groups in total. The van der Waals surface area contributed by atoms with Gasteiger partial charge in [0.05, 0.1) is 0 Å². The number of halogens is 1. The average molecular weight is 262 g/mol. The molecule has 0 atom stereocenters. The van der Waals surface area contributed by atoms with Crippen molar-refractivity contribution in [3.05, 3.63) is 48.5 Å². The quantitative estimate of drug-likeness (QED) is 0.658. The first-order valence-electron chi connectivity index (χ1n) is 4.68. The predicted octanol–water partition coefficient (Wildman–Crippen LogP) is 1.87. The Bertz CT molecular complexity index is 467. The average Bonchev–Trinajstić information content (AvgIpc) is 2.30. The third kappa shape index (κ3) is 1.37. The van der Waals surface area contributed by atoms with Gasteiger partial charge >= 0.3 is 92.1 Å². The van der Waals surface area contributed by atoms with Gasteiger partial charge in [0.15, 0.2) is 0 Å². The van der Waals surface area contributed by atoms with Crippen molar-refractivity contribution in [1.29, 1.82) is 0 Å². The van der Waals surface area contributed by atoms with E-state index in [1.807, 2.05) is 48.5 Å². The molecule has 3 heteroatoms. The Balaban J connectivity index is 2.20. The minimum absolute atomic E-state index is 0.679. The van der Waals surface area contributed by atoms with Crippen LogP contribution in [0.4, 0.5) is 3.47 Å². The molecule has 0 saturated heterocycles. The SMILES string of the molecule is F[As]1c2ccccc2Oc2ccccc21. The van der Waals surface area contributed by atoms with Gasteiger partial charge in [-0.2, -0.15) is 0 Å². The van der Waals surface area contributed by atoms with E-state index < -0.39 is 15.1 Å². The molecule has 0 unspecified atom stereocenters. The van der Waals surface area contributed by atoms with Crippen molar-refractivity contribution in [2.45, 2.75) is 0 Å². The van der Waals surface area contributed by atoms with E-state index >= 15 is 0 Å². The number of rotatable bonds is 0. The van der Waals surface area contributed by atoms with Crippen LogP contribution in [-0.4, -0.2) is 15.1 Å². The van der Waals surface area contributed by atoms with Crippen LogP contribution in [0.25, 0.3) is 0 Å². The van der Waals surface area contributed by atoms with E-state index in [2.05, 4.69) is 0 Å². The number of hydrogen-bond donors (Lipinski definition) is 0. The molecule has 1 aliphatic rings. The summed E-state index contributed by atoms with van der Waals surface area (Å²) in [6.07, 6.45) is 0. The van der Waals surface area contributed by atoms with Gasteiger partial charge < -0.3 is 0 Å². The molecule has 1 aliphatic heterocycles. The fourth-order valence-corrected chi connectivity index (χ4v) is 4.43. The summed E-state index contributed by atoms with van der Waals surface area (Å²) in [6.45, 7) is 0. The third-order valence-corrected chi connectivity index (χ3v) is 5.70. The molecule has 15 heavy (non-hydrogen) atoms. The Kier molecular flexibility index (Phi) is 2.03. The Morgan fingerprint density at radius 1 is 0.800 bits per heavy atom. The van der Waals surface area contributed by atoms with E-state index in [9.17, 15) is 3.47 Å². The van der Waals surface area contributed by atoms with Crippen molar-refractivity contribution < 1.29 is 8.20 Å². The fraction of sp³-hybridized carbons (Fsp3) is 0. The van der Waals surface area contributed by atoms with Gasteiger partial charge in [-0.25, -0.2) is 0 Å². The second-order valence-corrected chi connectivity index (χ2v) is 6.52. The van der Waals surface area contributed by atoms with Gasteiger partial charge in [-0.3, -0.25) is 0 Å². The maximum atomic E-state index is 14.2. The van der Waals surface area contributed by atoms with Gasteiger partial charge in [0, 0.05) is 0 Å². The zero-order valence-corrected chi connectivity index (χ0v) is 9.73. The molecule has 0 saturated carbocycles. The molecular weight excluding hydrogens is 254 g/mol. The normalized spacial score (nSPS) is 13.9. The van der Waals surface area contributed by atoms with E-state index in [1.54, 1.807) is 0 Å². The molecule has 1 heterocycles. The summed E-state index contributed by atoms with van der Waals surface area (Å²) in [7, 11) is 0. The van der Waals surface area contributed by atoms with E-state index in [-0.39, 0.29) is 0 Å². The molecule has 74 valence electrons. The molecule has 2 aromatic rings. The summed E-state index contributed by atoms with van der Waals surface area (Å²) in [5.74, 6) is 1.36. The molecule has 0 spiro atoms. The van der Waals surface area contributed by atoms with Gasteiger partial charge in [0.2, 0.25) is 0 Å². The minimum atomic E-state index is -2.59. The second kappa shape index (κ2) is 3.39. The van der Waals surface area contributed by atoms with Crippen molar-refractivity contribution >= 4 is 23.8 Å². The van der Waals surface area contributed by atoms with Crippen LogP contribution in [0, 0.1) is 0 Å². The fourth-order valence-electron chi connectivity index (χ4n) is 1.66. The Hall–Kier alpha value is -1.27. The van der Waals surface area contributed by atoms with Crippen LogP contribution < -0.4 is 13.4 Å². The molecule has 0 fully saturated rings. The van der Waals surface area contributed by atoms with E-state index in [0.717, 1.165) is 8.70 Å². The standard InChI is InChI=1S/C12H8AsFO/c14-13-9-5-1-3-7-11(9)15-12-8-4-2-6-10(12)13/h1-8H. The Morgan fingerprint density at radius 3 is 1.80 bits per heavy atom. The number of benzene rings is 2. The number of fused-ring (bicyclic) bond motifs is 2. The molecular formula is C12H8AsFO. The van der Waals surface area contributed by atoms with Crippen molar-refractivity contribution in [3.63, 3.8) is 0 Å². The number of hydrogen-bond acceptors (Lipinski definition) is 1. The van der Waals surface area contributed by atoms with Gasteiger partial charge in [-0.05, 0) is 0 Å². The van der Waals surface area contributed by atoms with Crippen LogP contribution in [0.15, 0.2) is 48.5 Å². The topological polar surface area (TPSA) is 9.23 Å². The maximum absolute atomic E-state index is 14.2. The molecule has 0 amide bonds. The monoisotopic (exact) mass is 262 g/mol. The van der Waals surface area contributed by atoms with Crippen LogP contribution in [0.3, 0.4) is 0 Å². The molecule has 0 aromatic heterocycles. The Labute approximate surface area is 92.3 Å². The predicted molar refractivity (Wildman–Crippen MR) is 59.1 cm³/mol. The number of para-hydroxylation sites is 2. The molecule has 0 radical (unpaired) electrons. The van der Waals surface area contributed by atoms with E-state index in [4.69, 9.17) is 4.74 Å². The van der Waals surface area contributed by atoms with E-state index in [1.165, 1.54) is 0 Å². The van der Waals surface area contributed by atoms with Gasteiger partial charge in [0.25, 0.3) is 0 Å². The molecule has 0 aliphatic carbocycles. The van der Waals surface area contributed by atoms with Crippen LogP contribution in [0.1, 0.15) is 0 Å². The molecule has 1 nitrogen and oxygen atoms in total. The summed E-state index contributed by atoms with van der Waals surface area (Å²) in [5, 5.41) is 0. The summed E-state index contributed by atoms with van der Waals surface area (Å²) < 4.78 is 21.4. The first kappa shape index (κ1) is 8.99. The Morgan fingerprint density at radius 2 is 1.27 bits per heavy atom. The zero-order valence-electron chi connectivity index (χ0n) is 7.85. The van der Waals surface area contributed by atoms with Crippen molar-refractivity contribution in [3.8, 4) is 11.5 Å². The summed E-state index contributed by atoms with van der Waals surface area (Å²) in [5.41, 5.74) is 0. The molecule has 3 rings (SSSR count). The first-order chi connectivity index (χ1) is 7.36. The number of ether oxygens (including phenoxy) is 1. The van der Waals surface area contributed by atoms with Gasteiger partial charge in [-0.15, -0.1) is 0 Å². The summed E-state index contributed by atoms with van der Waals surface area (Å²) >= 11 is -2.59. The van der Waals surface area contributed by atoms with Crippen LogP contribution >= 0.6 is 0 Å². The van der Waals surface area contributed by atoms with Crippen molar-refractivity contribution in [1.82, 2.24) is 0 Å². The van der Waals surface area contributed by atoms with Crippen LogP contribution in [-0.2, 0) is 0 Å². The second-order valence-electron chi connectivity index (χ2n) is 3.32. The van der Waals surface area contributed by atoms with Crippen LogP contribution in [0.5, 0.6) is 11.5 Å². The third-order valence-electron chi connectivity index (χ3n) is 2.37. The first-order valence-corrected chi connectivity index (χ1v) is 7.27. The summed E-state index contributed by atoms with van der Waals surface area (Å²) in [4.78, 5) is 0. The van der Waals surface area contributed by atoms with Crippen LogP contribution in [0.2, 0.25) is 0 Å². The van der Waals surface area contributed by atoms with E-state index in [0.29, 0.717) is 11.5 Å². The van der Waals surface area contributed by atoms with Gasteiger partial charge in [0.1, 0.15) is 0 Å². The molecule has 2 aromatic carbocycles. The van der Waals surface area contributed by atoms with Crippen molar-refractivity contribution in [2.24, 2.45) is 0 Å². The molecule has 0 bridgehead atoms. The van der Waals surface area contributed by atoms with Crippen molar-refractivity contribution in [2.75, 3.05) is 0 Å². The summed E-state index contributed by atoms with van der Waals surface area (Å²) in [6, 6.07) is 14.8. The zero-order chi connectivity index (χ0) is 10.3. The van der Waals surface area contributed by atoms with Gasteiger partial charge in [-0.1, -0.05) is 0 Å².